The molecule has 4 heteroatoms. The number of aryl methyl sites for hydroxylation is 1. The first-order chi connectivity index (χ1) is 17.1. The third-order valence-corrected chi connectivity index (χ3v) is 6.84. The molecule has 0 spiro atoms. The van der Waals surface area contributed by atoms with Gasteiger partial charge in [0.15, 0.2) is 0 Å². The number of nitrogens with one attached hydrogen (secondary N) is 1. The van der Waals surface area contributed by atoms with Gasteiger partial charge < -0.3 is 4.98 Å². The van der Waals surface area contributed by atoms with E-state index in [1.807, 2.05) is 66.7 Å². The summed E-state index contributed by atoms with van der Waals surface area (Å²) in [6.07, 6.45) is 0. The number of nitrogens with zero attached hydrogens (tertiary/aromatic N) is 1. The van der Waals surface area contributed by atoms with Crippen molar-refractivity contribution in [1.82, 2.24) is 9.97 Å². The molecular weight excluding hydrogens is 496 g/mol. The van der Waals surface area contributed by atoms with E-state index in [4.69, 9.17) is 4.98 Å². The Morgan fingerprint density at radius 1 is 0.714 bits per heavy atom. The zero-order chi connectivity index (χ0) is 23.9. The molecule has 2 aromatic heterocycles. The summed E-state index contributed by atoms with van der Waals surface area (Å²) in [5, 5.41) is 2.04. The SMILES string of the molecule is Cc1ccc2nc(-c3c(-c4ccccc4)c4cc(Br)ccc4[nH]c3=O)cc(-c3ccccc3)c2c1. The second-order valence-corrected chi connectivity index (χ2v) is 9.62. The Labute approximate surface area is 211 Å². The van der Waals surface area contributed by atoms with Gasteiger partial charge in [0.1, 0.15) is 0 Å². The second-order valence-electron chi connectivity index (χ2n) is 8.70. The van der Waals surface area contributed by atoms with E-state index in [1.165, 1.54) is 5.56 Å². The van der Waals surface area contributed by atoms with Gasteiger partial charge in [-0.1, -0.05) is 88.2 Å². The first-order valence-electron chi connectivity index (χ1n) is 11.5. The van der Waals surface area contributed by atoms with E-state index in [0.29, 0.717) is 11.3 Å². The highest BCUT2D eigenvalue weighted by atomic mass is 79.9. The first kappa shape index (κ1) is 21.5. The van der Waals surface area contributed by atoms with E-state index in [0.717, 1.165) is 48.5 Å². The number of rotatable bonds is 3. The molecule has 6 rings (SSSR count). The van der Waals surface area contributed by atoms with Gasteiger partial charge in [0, 0.05) is 26.3 Å². The Morgan fingerprint density at radius 3 is 2.17 bits per heavy atom. The normalized spacial score (nSPS) is 11.3. The zero-order valence-electron chi connectivity index (χ0n) is 19.0. The predicted octanol–water partition coefficient (Wildman–Crippen LogP) is 8.15. The molecule has 0 unspecified atom stereocenters. The van der Waals surface area contributed by atoms with Crippen LogP contribution in [0.2, 0.25) is 0 Å². The number of aromatic amines is 1. The van der Waals surface area contributed by atoms with Crippen LogP contribution in [0.4, 0.5) is 0 Å². The quantitative estimate of drug-likeness (QED) is 0.258. The van der Waals surface area contributed by atoms with Crippen molar-refractivity contribution in [3.63, 3.8) is 0 Å². The monoisotopic (exact) mass is 516 g/mol. The van der Waals surface area contributed by atoms with Crippen LogP contribution in [0.5, 0.6) is 0 Å². The number of hydrogen-bond donors (Lipinski definition) is 1. The minimum absolute atomic E-state index is 0.156. The van der Waals surface area contributed by atoms with Crippen LogP contribution in [-0.4, -0.2) is 9.97 Å². The average molecular weight is 517 g/mol. The molecule has 0 atom stereocenters. The van der Waals surface area contributed by atoms with Crippen molar-refractivity contribution < 1.29 is 0 Å². The molecule has 35 heavy (non-hydrogen) atoms. The summed E-state index contributed by atoms with van der Waals surface area (Å²) >= 11 is 3.61. The average Bonchev–Trinajstić information content (AvgIpc) is 2.88. The molecule has 4 aromatic carbocycles. The fourth-order valence-electron chi connectivity index (χ4n) is 4.74. The molecule has 6 aromatic rings. The molecule has 168 valence electrons. The number of pyridine rings is 2. The molecular formula is C31H21BrN2O. The number of aromatic nitrogens is 2. The highest BCUT2D eigenvalue weighted by Gasteiger charge is 2.19. The summed E-state index contributed by atoms with van der Waals surface area (Å²) in [5.74, 6) is 0. The molecule has 0 aliphatic heterocycles. The lowest BCUT2D eigenvalue weighted by atomic mass is 9.92. The van der Waals surface area contributed by atoms with Gasteiger partial charge in [-0.2, -0.15) is 0 Å². The highest BCUT2D eigenvalue weighted by molar-refractivity contribution is 9.10. The maximum absolute atomic E-state index is 13.6. The summed E-state index contributed by atoms with van der Waals surface area (Å²) in [7, 11) is 0. The van der Waals surface area contributed by atoms with Crippen molar-refractivity contribution in [1.29, 1.82) is 0 Å². The van der Waals surface area contributed by atoms with Gasteiger partial charge in [0.25, 0.3) is 5.56 Å². The van der Waals surface area contributed by atoms with Crippen LogP contribution in [0.25, 0.3) is 55.3 Å². The topological polar surface area (TPSA) is 45.8 Å². The lowest BCUT2D eigenvalue weighted by Gasteiger charge is -2.15. The molecule has 0 saturated heterocycles. The maximum Gasteiger partial charge on any atom is 0.258 e. The summed E-state index contributed by atoms with van der Waals surface area (Å²) in [6.45, 7) is 2.08. The van der Waals surface area contributed by atoms with Crippen LogP contribution in [0.15, 0.2) is 112 Å². The molecule has 3 nitrogen and oxygen atoms in total. The Kier molecular flexibility index (Phi) is 5.31. The van der Waals surface area contributed by atoms with Gasteiger partial charge in [-0.3, -0.25) is 4.79 Å². The van der Waals surface area contributed by atoms with Gasteiger partial charge >= 0.3 is 0 Å². The van der Waals surface area contributed by atoms with Gasteiger partial charge in [0.2, 0.25) is 0 Å². The fourth-order valence-corrected chi connectivity index (χ4v) is 5.10. The molecule has 0 saturated carbocycles. The number of H-pyrrole nitrogens is 1. The fraction of sp³-hybridized carbons (Fsp3) is 0.0323. The number of fused-ring (bicyclic) bond motifs is 2. The van der Waals surface area contributed by atoms with E-state index < -0.39 is 0 Å². The number of halogens is 1. The second kappa shape index (κ2) is 8.64. The lowest BCUT2D eigenvalue weighted by Crippen LogP contribution is -2.12. The Bertz CT molecular complexity index is 1770. The largest absolute Gasteiger partial charge is 0.321 e. The Hall–Kier alpha value is -4.02. The van der Waals surface area contributed by atoms with Crippen molar-refractivity contribution in [2.75, 3.05) is 0 Å². The van der Waals surface area contributed by atoms with E-state index >= 15 is 0 Å². The van der Waals surface area contributed by atoms with Crippen molar-refractivity contribution in [3.05, 3.63) is 124 Å². The van der Waals surface area contributed by atoms with Crippen molar-refractivity contribution in [2.24, 2.45) is 0 Å². The smallest absolute Gasteiger partial charge is 0.258 e. The molecule has 1 N–H and O–H groups in total. The van der Waals surface area contributed by atoms with Crippen LogP contribution < -0.4 is 5.56 Å². The van der Waals surface area contributed by atoms with Crippen molar-refractivity contribution >= 4 is 37.7 Å². The molecule has 0 aliphatic rings. The minimum Gasteiger partial charge on any atom is -0.321 e. The molecule has 0 aliphatic carbocycles. The highest BCUT2D eigenvalue weighted by Crippen LogP contribution is 2.38. The van der Waals surface area contributed by atoms with Gasteiger partial charge in [-0.25, -0.2) is 4.98 Å². The van der Waals surface area contributed by atoms with Crippen LogP contribution >= 0.6 is 15.9 Å². The van der Waals surface area contributed by atoms with Crippen molar-refractivity contribution in [2.45, 2.75) is 6.92 Å². The zero-order valence-corrected chi connectivity index (χ0v) is 20.6. The van der Waals surface area contributed by atoms with Crippen LogP contribution in [0, 0.1) is 6.92 Å². The summed E-state index contributed by atoms with van der Waals surface area (Å²) in [6, 6.07) is 34.6. The maximum atomic E-state index is 13.6. The van der Waals surface area contributed by atoms with E-state index in [9.17, 15) is 4.79 Å². The van der Waals surface area contributed by atoms with E-state index in [1.54, 1.807) is 0 Å². The summed E-state index contributed by atoms with van der Waals surface area (Å²) < 4.78 is 0.951. The summed E-state index contributed by atoms with van der Waals surface area (Å²) in [5.41, 5.74) is 7.89. The first-order valence-corrected chi connectivity index (χ1v) is 12.3. The van der Waals surface area contributed by atoms with Gasteiger partial charge in [0.05, 0.1) is 16.8 Å². The van der Waals surface area contributed by atoms with E-state index in [-0.39, 0.29) is 5.56 Å². The molecule has 0 radical (unpaired) electrons. The van der Waals surface area contributed by atoms with Crippen LogP contribution in [-0.2, 0) is 0 Å². The van der Waals surface area contributed by atoms with Gasteiger partial charge in [-0.05, 0) is 60.0 Å². The Morgan fingerprint density at radius 2 is 1.43 bits per heavy atom. The Balaban J connectivity index is 1.76. The van der Waals surface area contributed by atoms with E-state index in [2.05, 4.69) is 64.2 Å². The molecule has 0 fully saturated rings. The third-order valence-electron chi connectivity index (χ3n) is 6.34. The molecule has 2 heterocycles. The van der Waals surface area contributed by atoms with Crippen LogP contribution in [0.1, 0.15) is 5.56 Å². The third kappa shape index (κ3) is 3.86. The number of benzene rings is 4. The molecule has 0 bridgehead atoms. The summed E-state index contributed by atoms with van der Waals surface area (Å²) in [4.78, 5) is 21.8. The number of hydrogen-bond acceptors (Lipinski definition) is 2. The molecule has 0 amide bonds. The van der Waals surface area contributed by atoms with Crippen molar-refractivity contribution in [3.8, 4) is 33.5 Å². The minimum atomic E-state index is -0.156. The van der Waals surface area contributed by atoms with Gasteiger partial charge in [-0.15, -0.1) is 0 Å². The standard InChI is InChI=1S/C31H21BrN2O/c1-19-12-14-26-24(16-19)23(20-8-4-2-5-9-20)18-28(33-26)30-29(21-10-6-3-7-11-21)25-17-22(32)13-15-27(25)34-31(30)35/h2-18H,1H3,(H,34,35). The lowest BCUT2D eigenvalue weighted by molar-refractivity contribution is 1.28. The van der Waals surface area contributed by atoms with Crippen LogP contribution in [0.3, 0.4) is 0 Å². The predicted molar refractivity (Wildman–Crippen MR) is 149 cm³/mol.